The van der Waals surface area contributed by atoms with Gasteiger partial charge < -0.3 is 4.55 Å². The summed E-state index contributed by atoms with van der Waals surface area (Å²) < 4.78 is 20.5. The molecular formula is C6H6NO2S-. The van der Waals surface area contributed by atoms with Crippen LogP contribution < -0.4 is 0 Å². The molecule has 0 aliphatic heterocycles. The first-order valence-corrected chi connectivity index (χ1v) is 3.79. The highest BCUT2D eigenvalue weighted by atomic mass is 32.2. The second-order valence-corrected chi connectivity index (χ2v) is 2.80. The topological polar surface area (TPSA) is 53.0 Å². The highest BCUT2D eigenvalue weighted by molar-refractivity contribution is 7.79. The monoisotopic (exact) mass is 156 g/mol. The second kappa shape index (κ2) is 2.90. The maximum Gasteiger partial charge on any atom is 0.113 e. The Balaban J connectivity index is 3.00. The van der Waals surface area contributed by atoms with Gasteiger partial charge in [-0.15, -0.1) is 0 Å². The van der Waals surface area contributed by atoms with E-state index in [0.717, 1.165) is 5.56 Å². The number of rotatable bonds is 1. The van der Waals surface area contributed by atoms with Gasteiger partial charge in [-0.25, -0.2) is 4.98 Å². The highest BCUT2D eigenvalue weighted by Gasteiger charge is 1.90. The van der Waals surface area contributed by atoms with Crippen molar-refractivity contribution in [1.82, 2.24) is 4.98 Å². The molecule has 1 rings (SSSR count). The van der Waals surface area contributed by atoms with Crippen LogP contribution >= 0.6 is 0 Å². The molecule has 3 nitrogen and oxygen atoms in total. The molecule has 1 aromatic heterocycles. The Morgan fingerprint density at radius 1 is 1.60 bits per heavy atom. The van der Waals surface area contributed by atoms with Crippen molar-refractivity contribution in [2.45, 2.75) is 11.9 Å². The van der Waals surface area contributed by atoms with E-state index in [1.165, 1.54) is 12.3 Å². The van der Waals surface area contributed by atoms with E-state index in [-0.39, 0.29) is 5.03 Å². The molecule has 54 valence electrons. The summed E-state index contributed by atoms with van der Waals surface area (Å²) in [7, 11) is 0. The number of aromatic nitrogens is 1. The van der Waals surface area contributed by atoms with Gasteiger partial charge in [0.2, 0.25) is 0 Å². The fraction of sp³-hybridized carbons (Fsp3) is 0.167. The lowest BCUT2D eigenvalue weighted by molar-refractivity contribution is 0.533. The van der Waals surface area contributed by atoms with Crippen molar-refractivity contribution in [3.8, 4) is 0 Å². The summed E-state index contributed by atoms with van der Waals surface area (Å²) in [6.07, 6.45) is 1.52. The van der Waals surface area contributed by atoms with E-state index in [4.69, 9.17) is 0 Å². The molecule has 0 radical (unpaired) electrons. The van der Waals surface area contributed by atoms with Crippen LogP contribution in [0, 0.1) is 6.92 Å². The predicted molar refractivity (Wildman–Crippen MR) is 36.2 cm³/mol. The van der Waals surface area contributed by atoms with Crippen molar-refractivity contribution in [2.75, 3.05) is 0 Å². The SMILES string of the molecule is Cc1ccc(S(=O)[O-])nc1. The van der Waals surface area contributed by atoms with Crippen LogP contribution in [0.15, 0.2) is 23.4 Å². The van der Waals surface area contributed by atoms with Crippen molar-refractivity contribution >= 4 is 11.1 Å². The number of aryl methyl sites for hydroxylation is 1. The van der Waals surface area contributed by atoms with Gasteiger partial charge >= 0.3 is 0 Å². The number of hydrogen-bond acceptors (Lipinski definition) is 3. The average Bonchev–Trinajstić information content (AvgIpc) is 1.88. The molecule has 1 atom stereocenters. The van der Waals surface area contributed by atoms with E-state index in [9.17, 15) is 8.76 Å². The van der Waals surface area contributed by atoms with Crippen LogP contribution in [0.2, 0.25) is 0 Å². The number of nitrogens with zero attached hydrogens (tertiary/aromatic N) is 1. The minimum atomic E-state index is -2.20. The van der Waals surface area contributed by atoms with E-state index in [1.807, 2.05) is 6.92 Å². The zero-order valence-corrected chi connectivity index (χ0v) is 6.22. The van der Waals surface area contributed by atoms with Crippen LogP contribution in [0.5, 0.6) is 0 Å². The molecule has 10 heavy (non-hydrogen) atoms. The molecule has 0 bridgehead atoms. The number of hydrogen-bond donors (Lipinski definition) is 0. The van der Waals surface area contributed by atoms with Crippen molar-refractivity contribution in [3.63, 3.8) is 0 Å². The molecule has 0 aliphatic rings. The van der Waals surface area contributed by atoms with Crippen LogP contribution in [0.4, 0.5) is 0 Å². The molecule has 0 aromatic carbocycles. The van der Waals surface area contributed by atoms with Crippen LogP contribution in [0.3, 0.4) is 0 Å². The Morgan fingerprint density at radius 2 is 2.30 bits per heavy atom. The Labute approximate surface area is 61.4 Å². The molecule has 0 amide bonds. The van der Waals surface area contributed by atoms with Gasteiger partial charge in [0.1, 0.15) is 5.03 Å². The van der Waals surface area contributed by atoms with Gasteiger partial charge in [-0.05, 0) is 29.6 Å². The van der Waals surface area contributed by atoms with Crippen LogP contribution in [0.25, 0.3) is 0 Å². The maximum atomic E-state index is 10.2. The molecule has 0 spiro atoms. The smallest absolute Gasteiger partial charge is 0.113 e. The van der Waals surface area contributed by atoms with Crippen LogP contribution in [-0.4, -0.2) is 13.7 Å². The lowest BCUT2D eigenvalue weighted by Gasteiger charge is -2.02. The van der Waals surface area contributed by atoms with Crippen molar-refractivity contribution in [3.05, 3.63) is 23.9 Å². The van der Waals surface area contributed by atoms with Gasteiger partial charge in [0.05, 0.1) is 0 Å². The third kappa shape index (κ3) is 1.62. The lowest BCUT2D eigenvalue weighted by Crippen LogP contribution is -1.91. The molecule has 0 aliphatic carbocycles. The van der Waals surface area contributed by atoms with E-state index >= 15 is 0 Å². The Morgan fingerprint density at radius 3 is 2.70 bits per heavy atom. The highest BCUT2D eigenvalue weighted by Crippen LogP contribution is 2.00. The summed E-state index contributed by atoms with van der Waals surface area (Å²) in [5.74, 6) is 0. The summed E-state index contributed by atoms with van der Waals surface area (Å²) in [5.41, 5.74) is 0.953. The van der Waals surface area contributed by atoms with E-state index in [1.54, 1.807) is 6.07 Å². The first-order chi connectivity index (χ1) is 4.70. The standard InChI is InChI=1S/C6H7NO2S/c1-5-2-3-6(7-4-5)10(8)9/h2-4H,1H3,(H,8,9)/p-1. The van der Waals surface area contributed by atoms with Crippen LogP contribution in [0.1, 0.15) is 5.56 Å². The first kappa shape index (κ1) is 7.37. The minimum absolute atomic E-state index is 0.0885. The van der Waals surface area contributed by atoms with Gasteiger partial charge in [-0.1, -0.05) is 6.07 Å². The molecule has 0 N–H and O–H groups in total. The minimum Gasteiger partial charge on any atom is -0.767 e. The second-order valence-electron chi connectivity index (χ2n) is 1.91. The van der Waals surface area contributed by atoms with Gasteiger partial charge in [0, 0.05) is 6.20 Å². The van der Waals surface area contributed by atoms with Crippen molar-refractivity contribution in [1.29, 1.82) is 0 Å². The molecule has 1 aromatic rings. The lowest BCUT2D eigenvalue weighted by atomic mass is 10.3. The Hall–Kier alpha value is -0.740. The van der Waals surface area contributed by atoms with E-state index in [0.29, 0.717) is 0 Å². The third-order valence-electron chi connectivity index (χ3n) is 1.05. The molecule has 1 heterocycles. The van der Waals surface area contributed by atoms with E-state index < -0.39 is 11.1 Å². The van der Waals surface area contributed by atoms with Crippen molar-refractivity contribution in [2.24, 2.45) is 0 Å². The molecule has 4 heteroatoms. The fourth-order valence-electron chi connectivity index (χ4n) is 0.553. The normalized spacial score (nSPS) is 13.0. The fourth-order valence-corrected chi connectivity index (χ4v) is 0.871. The predicted octanol–water partition coefficient (Wildman–Crippen LogP) is 0.628. The van der Waals surface area contributed by atoms with Crippen LogP contribution in [-0.2, 0) is 11.1 Å². The molecule has 0 fully saturated rings. The summed E-state index contributed by atoms with van der Waals surface area (Å²) in [6, 6.07) is 3.18. The third-order valence-corrected chi connectivity index (χ3v) is 1.64. The van der Waals surface area contributed by atoms with Gasteiger partial charge in [0.15, 0.2) is 0 Å². The first-order valence-electron chi connectivity index (χ1n) is 2.72. The van der Waals surface area contributed by atoms with Gasteiger partial charge in [-0.2, -0.15) is 0 Å². The van der Waals surface area contributed by atoms with Crippen molar-refractivity contribution < 1.29 is 8.76 Å². The zero-order chi connectivity index (χ0) is 7.56. The summed E-state index contributed by atoms with van der Waals surface area (Å²) >= 11 is -2.20. The largest absolute Gasteiger partial charge is 0.767 e. The van der Waals surface area contributed by atoms with Gasteiger partial charge in [-0.3, -0.25) is 4.21 Å². The van der Waals surface area contributed by atoms with E-state index in [2.05, 4.69) is 4.98 Å². The maximum absolute atomic E-state index is 10.2. The quantitative estimate of drug-likeness (QED) is 0.560. The summed E-state index contributed by atoms with van der Waals surface area (Å²) in [6.45, 7) is 1.85. The van der Waals surface area contributed by atoms with Gasteiger partial charge in [0.25, 0.3) is 0 Å². The zero-order valence-electron chi connectivity index (χ0n) is 5.40. The molecular weight excluding hydrogens is 150 g/mol. The summed E-state index contributed by atoms with van der Waals surface area (Å²) in [5, 5.41) is 0.0885. The average molecular weight is 156 g/mol. The summed E-state index contributed by atoms with van der Waals surface area (Å²) in [4.78, 5) is 3.67. The number of pyridine rings is 1. The Bertz CT molecular complexity index is 244. The molecule has 1 unspecified atom stereocenters. The molecule has 0 saturated heterocycles. The Kier molecular flexibility index (Phi) is 2.13. The molecule has 0 saturated carbocycles.